The molecule has 3 aliphatic rings. The number of hydrogen-bond acceptors (Lipinski definition) is 4. The van der Waals surface area contributed by atoms with E-state index in [0.717, 1.165) is 54.9 Å². The summed E-state index contributed by atoms with van der Waals surface area (Å²) < 4.78 is 0. The molecule has 2 aliphatic heterocycles. The van der Waals surface area contributed by atoms with Crippen molar-refractivity contribution in [1.82, 2.24) is 10.2 Å². The highest BCUT2D eigenvalue weighted by Gasteiger charge is 2.49. The average Bonchev–Trinajstić information content (AvgIpc) is 3.60. The highest BCUT2D eigenvalue weighted by atomic mass is 16.4. The minimum absolute atomic E-state index is 0.0843. The van der Waals surface area contributed by atoms with Crippen LogP contribution in [0.1, 0.15) is 177 Å². The predicted molar refractivity (Wildman–Crippen MR) is 260 cm³/mol. The van der Waals surface area contributed by atoms with Gasteiger partial charge in [0.15, 0.2) is 5.41 Å². The summed E-state index contributed by atoms with van der Waals surface area (Å²) in [5.74, 6) is -1.45. The maximum absolute atomic E-state index is 14.3. The molecule has 61 heavy (non-hydrogen) atoms. The quantitative estimate of drug-likeness (QED) is 0.0718. The average molecular weight is 834 g/mol. The summed E-state index contributed by atoms with van der Waals surface area (Å²) in [5, 5.41) is 14.1. The molecule has 0 fully saturated rings. The molecule has 336 valence electrons. The molecular weight excluding hydrogens is 751 g/mol. The maximum Gasteiger partial charge on any atom is 0.319 e. The van der Waals surface area contributed by atoms with E-state index in [-0.39, 0.29) is 35.6 Å². The Morgan fingerprint density at radius 2 is 1.39 bits per heavy atom. The van der Waals surface area contributed by atoms with Gasteiger partial charge in [0.1, 0.15) is 0 Å². The number of rotatable bonds is 26. The fourth-order valence-corrected chi connectivity index (χ4v) is 10.2. The second kappa shape index (κ2) is 24.0. The van der Waals surface area contributed by atoms with Crippen molar-refractivity contribution in [3.63, 3.8) is 0 Å². The largest absolute Gasteiger partial charge is 0.480 e. The Labute approximate surface area is 372 Å². The first kappa shape index (κ1) is 49.6. The second-order valence-electron chi connectivity index (χ2n) is 19.0. The van der Waals surface area contributed by atoms with Gasteiger partial charge in [0.25, 0.3) is 0 Å². The van der Waals surface area contributed by atoms with Crippen molar-refractivity contribution in [3.8, 4) is 0 Å². The van der Waals surface area contributed by atoms with Crippen LogP contribution in [-0.2, 0) is 15.0 Å². The minimum atomic E-state index is -1.61. The van der Waals surface area contributed by atoms with E-state index in [1.807, 2.05) is 13.0 Å². The van der Waals surface area contributed by atoms with Crippen molar-refractivity contribution < 1.29 is 14.7 Å². The van der Waals surface area contributed by atoms with Gasteiger partial charge in [-0.05, 0) is 80.5 Å². The highest BCUT2D eigenvalue weighted by molar-refractivity contribution is 6.03. The number of allylic oxidation sites excluding steroid dienone is 10. The molecule has 1 amide bonds. The lowest BCUT2D eigenvalue weighted by atomic mass is 9.70. The number of anilines is 1. The molecule has 2 unspecified atom stereocenters. The maximum atomic E-state index is 14.3. The van der Waals surface area contributed by atoms with Crippen LogP contribution in [0, 0.1) is 10.8 Å². The molecule has 2 N–H and O–H groups in total. The lowest BCUT2D eigenvalue weighted by molar-refractivity contribution is -0.156. The molecule has 6 nitrogen and oxygen atoms in total. The second-order valence-corrected chi connectivity index (χ2v) is 19.0. The highest BCUT2D eigenvalue weighted by Crippen LogP contribution is 2.49. The van der Waals surface area contributed by atoms with Crippen LogP contribution < -0.4 is 10.2 Å². The third-order valence-electron chi connectivity index (χ3n) is 13.8. The van der Waals surface area contributed by atoms with E-state index in [2.05, 4.69) is 137 Å². The van der Waals surface area contributed by atoms with Gasteiger partial charge in [-0.25, -0.2) is 0 Å². The number of aliphatic carboxylic acids is 1. The molecule has 1 aliphatic carbocycles. The predicted octanol–water partition coefficient (Wildman–Crippen LogP) is 14.1. The summed E-state index contributed by atoms with van der Waals surface area (Å²) in [6, 6.07) is 8.70. The summed E-state index contributed by atoms with van der Waals surface area (Å²) in [7, 11) is 0. The standard InChI is InChI=1S/C55H83N3O3/c1-10-15-16-17-18-19-20-21-22-23-24-25-26-27-28-31-39-56-51(59)55(52(60)61)41-43(35-37-49-53(6,7)45(32-11-2)47(12-3)57(49)13-4)40-44(42-55)36-38-50-54(8,9)46-33-29-30-34-48(46)58(50)14-5/h11-12,29-30,32-38,40,50H,3,10,13-28,31,39,41-42H2,1-2,4-9H3,(H,56,59)(H,60,61)/b32-11-,38-36+,43-35-,49-37+. The lowest BCUT2D eigenvalue weighted by Gasteiger charge is -2.34. The van der Waals surface area contributed by atoms with Gasteiger partial charge in [-0.2, -0.15) is 0 Å². The topological polar surface area (TPSA) is 72.9 Å². The number of unbranched alkanes of at least 4 members (excludes halogenated alkanes) is 15. The number of carbonyl (C=O) groups is 2. The summed E-state index contributed by atoms with van der Waals surface area (Å²) in [6.45, 7) is 23.9. The number of likely N-dealkylation sites (N-methyl/N-ethyl adjacent to an activating group) is 2. The van der Waals surface area contributed by atoms with Crippen LogP contribution in [0.3, 0.4) is 0 Å². The van der Waals surface area contributed by atoms with Gasteiger partial charge in [0.05, 0.1) is 6.04 Å². The van der Waals surface area contributed by atoms with E-state index < -0.39 is 11.4 Å². The molecule has 0 saturated carbocycles. The van der Waals surface area contributed by atoms with Gasteiger partial charge >= 0.3 is 5.97 Å². The number of amides is 1. The van der Waals surface area contributed by atoms with Crippen molar-refractivity contribution in [1.29, 1.82) is 0 Å². The van der Waals surface area contributed by atoms with Gasteiger partial charge in [-0.3, -0.25) is 9.59 Å². The number of carboxylic acid groups (broad SMARTS) is 1. The summed E-state index contributed by atoms with van der Waals surface area (Å²) in [4.78, 5) is 32.4. The van der Waals surface area contributed by atoms with Gasteiger partial charge in [-0.15, -0.1) is 0 Å². The van der Waals surface area contributed by atoms with E-state index in [1.165, 1.54) is 100 Å². The Bertz CT molecular complexity index is 1800. The smallest absolute Gasteiger partial charge is 0.319 e. The van der Waals surface area contributed by atoms with Crippen LogP contribution in [0.25, 0.3) is 0 Å². The number of hydrogen-bond donors (Lipinski definition) is 2. The lowest BCUT2D eigenvalue weighted by Crippen LogP contribution is -2.48. The minimum Gasteiger partial charge on any atom is -0.480 e. The Hall–Kier alpha value is -4.06. The number of nitrogens with zero attached hydrogens (tertiary/aromatic N) is 2. The number of nitrogens with one attached hydrogen (secondary N) is 1. The monoisotopic (exact) mass is 834 g/mol. The van der Waals surface area contributed by atoms with E-state index in [4.69, 9.17) is 0 Å². The van der Waals surface area contributed by atoms with Gasteiger partial charge in [0, 0.05) is 47.5 Å². The first-order valence-electron chi connectivity index (χ1n) is 24.3. The van der Waals surface area contributed by atoms with E-state index >= 15 is 0 Å². The van der Waals surface area contributed by atoms with Gasteiger partial charge in [0.2, 0.25) is 5.91 Å². The van der Waals surface area contributed by atoms with Crippen molar-refractivity contribution in [3.05, 3.63) is 113 Å². The molecular formula is C55H83N3O3. The van der Waals surface area contributed by atoms with Crippen LogP contribution >= 0.6 is 0 Å². The van der Waals surface area contributed by atoms with Crippen LogP contribution in [0.4, 0.5) is 5.69 Å². The molecule has 0 aromatic heterocycles. The third kappa shape index (κ3) is 12.3. The van der Waals surface area contributed by atoms with Gasteiger partial charge < -0.3 is 20.2 Å². The van der Waals surface area contributed by atoms with Crippen molar-refractivity contribution in [2.24, 2.45) is 10.8 Å². The van der Waals surface area contributed by atoms with Crippen LogP contribution in [0.15, 0.2) is 108 Å². The molecule has 1 aromatic carbocycles. The number of benzene rings is 1. The summed E-state index contributed by atoms with van der Waals surface area (Å²) in [5.41, 5.74) is 5.63. The Morgan fingerprint density at radius 3 is 1.93 bits per heavy atom. The molecule has 2 atom stereocenters. The first-order valence-corrected chi connectivity index (χ1v) is 24.3. The Balaban J connectivity index is 1.46. The number of carbonyl (C=O) groups excluding carboxylic acids is 1. The zero-order valence-corrected chi connectivity index (χ0v) is 39.7. The number of carboxylic acids is 1. The zero-order chi connectivity index (χ0) is 44.5. The SMILES string of the molecule is C=CC1=C(/C=C\C)C(C)(C)/C(=C\C=C2C=C(/C=C/C3N(CC)c4ccccc4C3(C)C)CC(C(=O)O)(C(=O)NCCCCCCCCCCCCCCCCCC)C\2)N1CC. The molecule has 2 heterocycles. The summed E-state index contributed by atoms with van der Waals surface area (Å²) in [6.07, 6.45) is 37.7. The van der Waals surface area contributed by atoms with Gasteiger partial charge in [-0.1, -0.05) is 192 Å². The number of para-hydroxylation sites is 1. The van der Waals surface area contributed by atoms with Crippen molar-refractivity contribution in [2.45, 2.75) is 182 Å². The molecule has 6 heteroatoms. The fourth-order valence-electron chi connectivity index (χ4n) is 10.2. The molecule has 0 bridgehead atoms. The van der Waals surface area contributed by atoms with E-state index in [1.54, 1.807) is 0 Å². The first-order chi connectivity index (χ1) is 29.3. The molecule has 1 aromatic rings. The number of fused-ring (bicyclic) bond motifs is 1. The zero-order valence-electron chi connectivity index (χ0n) is 39.7. The Morgan fingerprint density at radius 1 is 0.803 bits per heavy atom. The fraction of sp³-hybridized carbons (Fsp3) is 0.600. The molecule has 0 radical (unpaired) electrons. The van der Waals surface area contributed by atoms with Crippen molar-refractivity contribution >= 4 is 17.6 Å². The van der Waals surface area contributed by atoms with Crippen LogP contribution in [0.5, 0.6) is 0 Å². The third-order valence-corrected chi connectivity index (χ3v) is 13.8. The van der Waals surface area contributed by atoms with Crippen LogP contribution in [-0.4, -0.2) is 47.6 Å². The van der Waals surface area contributed by atoms with Crippen molar-refractivity contribution in [2.75, 3.05) is 24.5 Å². The van der Waals surface area contributed by atoms with E-state index in [0.29, 0.717) is 6.54 Å². The van der Waals surface area contributed by atoms with Crippen LogP contribution in [0.2, 0.25) is 0 Å². The molecule has 0 saturated heterocycles. The summed E-state index contributed by atoms with van der Waals surface area (Å²) >= 11 is 0. The molecule has 0 spiro atoms. The molecule has 4 rings (SSSR count). The van der Waals surface area contributed by atoms with E-state index in [9.17, 15) is 14.7 Å². The normalized spacial score (nSPS) is 22.2. The Kier molecular flexibility index (Phi) is 19.5.